The largest absolute Gasteiger partial charge is 0.0622 e. The zero-order chi connectivity index (χ0) is 7.19. The number of rotatable bonds is 0. The van der Waals surface area contributed by atoms with Gasteiger partial charge in [-0.3, -0.25) is 0 Å². The van der Waals surface area contributed by atoms with Gasteiger partial charge < -0.3 is 0 Å². The second-order valence-electron chi connectivity index (χ2n) is 4.52. The van der Waals surface area contributed by atoms with Gasteiger partial charge in [-0.1, -0.05) is 26.7 Å². The molecule has 2 aliphatic carbocycles. The predicted molar refractivity (Wildman–Crippen MR) is 43.8 cm³/mol. The van der Waals surface area contributed by atoms with Crippen LogP contribution in [0.5, 0.6) is 0 Å². The van der Waals surface area contributed by atoms with Crippen LogP contribution in [0.1, 0.15) is 46.0 Å². The maximum Gasteiger partial charge on any atom is -0.0269 e. The Kier molecular flexibility index (Phi) is 1.33. The van der Waals surface area contributed by atoms with Gasteiger partial charge in [-0.25, -0.2) is 0 Å². The van der Waals surface area contributed by atoms with E-state index in [1.165, 1.54) is 12.8 Å². The fourth-order valence-electron chi connectivity index (χ4n) is 2.72. The third-order valence-corrected chi connectivity index (χ3v) is 4.05. The van der Waals surface area contributed by atoms with Crippen molar-refractivity contribution in [2.24, 2.45) is 17.3 Å². The Balaban J connectivity index is 2.07. The van der Waals surface area contributed by atoms with E-state index in [9.17, 15) is 0 Å². The Morgan fingerprint density at radius 3 is 2.30 bits per heavy atom. The predicted octanol–water partition coefficient (Wildman–Crippen LogP) is 3.22. The fraction of sp³-hybridized carbons (Fsp3) is 1.00. The summed E-state index contributed by atoms with van der Waals surface area (Å²) in [6.45, 7) is 4.90. The summed E-state index contributed by atoms with van der Waals surface area (Å²) in [4.78, 5) is 0. The summed E-state index contributed by atoms with van der Waals surface area (Å²) in [6, 6.07) is 0. The van der Waals surface area contributed by atoms with Crippen LogP contribution in [0.4, 0.5) is 0 Å². The lowest BCUT2D eigenvalue weighted by Crippen LogP contribution is -2.25. The highest BCUT2D eigenvalue weighted by molar-refractivity contribution is 5.00. The number of hydrogen-bond acceptors (Lipinski definition) is 0. The Morgan fingerprint density at radius 1 is 1.10 bits per heavy atom. The molecule has 58 valence electrons. The molecule has 0 aromatic rings. The quantitative estimate of drug-likeness (QED) is 0.482. The molecule has 0 saturated heterocycles. The van der Waals surface area contributed by atoms with Crippen LogP contribution in [-0.4, -0.2) is 0 Å². The lowest BCUT2D eigenvalue weighted by Gasteiger charge is -2.34. The Morgan fingerprint density at radius 2 is 1.80 bits per heavy atom. The Labute approximate surface area is 64.0 Å². The summed E-state index contributed by atoms with van der Waals surface area (Å²) in [5, 5.41) is 0. The molecule has 2 saturated carbocycles. The summed E-state index contributed by atoms with van der Waals surface area (Å²) in [5.74, 6) is 2.04. The average molecular weight is 138 g/mol. The third-order valence-electron chi connectivity index (χ3n) is 4.05. The molecule has 0 heterocycles. The van der Waals surface area contributed by atoms with Crippen molar-refractivity contribution in [3.63, 3.8) is 0 Å². The first-order valence-corrected chi connectivity index (χ1v) is 4.75. The van der Waals surface area contributed by atoms with Crippen molar-refractivity contribution in [1.82, 2.24) is 0 Å². The fourth-order valence-corrected chi connectivity index (χ4v) is 2.72. The van der Waals surface area contributed by atoms with E-state index in [-0.39, 0.29) is 0 Å². The van der Waals surface area contributed by atoms with Gasteiger partial charge in [0, 0.05) is 0 Å². The molecule has 2 fully saturated rings. The van der Waals surface area contributed by atoms with Gasteiger partial charge in [-0.2, -0.15) is 0 Å². The van der Waals surface area contributed by atoms with E-state index < -0.39 is 0 Å². The van der Waals surface area contributed by atoms with Gasteiger partial charge in [0.1, 0.15) is 0 Å². The Bertz CT molecular complexity index is 133. The molecule has 10 heavy (non-hydrogen) atoms. The van der Waals surface area contributed by atoms with Crippen LogP contribution in [0.25, 0.3) is 0 Å². The molecule has 2 rings (SSSR count). The zero-order valence-electron chi connectivity index (χ0n) is 7.19. The molecule has 0 unspecified atom stereocenters. The van der Waals surface area contributed by atoms with Crippen LogP contribution >= 0.6 is 0 Å². The van der Waals surface area contributed by atoms with Gasteiger partial charge in [-0.15, -0.1) is 0 Å². The van der Waals surface area contributed by atoms with Crippen molar-refractivity contribution in [3.05, 3.63) is 0 Å². The maximum absolute atomic E-state index is 2.47. The molecule has 0 aromatic heterocycles. The van der Waals surface area contributed by atoms with Gasteiger partial charge in [0.05, 0.1) is 0 Å². The molecule has 0 heteroatoms. The standard InChI is InChI=1S/C10H18/c1-8-4-3-5-10(6-7-10)9(8)2/h8-9H,3-7H2,1-2H3/t8-,9-/m0/s1. The summed E-state index contributed by atoms with van der Waals surface area (Å²) in [5.41, 5.74) is 0.859. The molecule has 0 amide bonds. The first-order chi connectivity index (χ1) is 4.75. The molecular weight excluding hydrogens is 120 g/mol. The van der Waals surface area contributed by atoms with E-state index in [2.05, 4.69) is 13.8 Å². The molecule has 0 nitrogen and oxygen atoms in total. The van der Waals surface area contributed by atoms with Crippen molar-refractivity contribution in [1.29, 1.82) is 0 Å². The average Bonchev–Trinajstić information content (AvgIpc) is 2.65. The maximum atomic E-state index is 2.47. The van der Waals surface area contributed by atoms with Crippen LogP contribution in [0.3, 0.4) is 0 Å². The normalized spacial score (nSPS) is 43.8. The van der Waals surface area contributed by atoms with Crippen LogP contribution in [0, 0.1) is 17.3 Å². The minimum Gasteiger partial charge on any atom is -0.0622 e. The second-order valence-corrected chi connectivity index (χ2v) is 4.52. The topological polar surface area (TPSA) is 0 Å². The summed E-state index contributed by atoms with van der Waals surface area (Å²) in [6.07, 6.45) is 7.62. The third kappa shape index (κ3) is 0.810. The van der Waals surface area contributed by atoms with Gasteiger partial charge in [0.2, 0.25) is 0 Å². The molecule has 0 bridgehead atoms. The second kappa shape index (κ2) is 1.99. The first-order valence-electron chi connectivity index (χ1n) is 4.75. The number of hydrogen-bond donors (Lipinski definition) is 0. The molecule has 2 atom stereocenters. The van der Waals surface area contributed by atoms with Gasteiger partial charge >= 0.3 is 0 Å². The van der Waals surface area contributed by atoms with Gasteiger partial charge in [-0.05, 0) is 36.5 Å². The minimum atomic E-state index is 0.859. The van der Waals surface area contributed by atoms with E-state index in [0.29, 0.717) is 0 Å². The van der Waals surface area contributed by atoms with E-state index in [1.54, 1.807) is 19.3 Å². The highest BCUT2D eigenvalue weighted by Gasteiger charge is 2.49. The van der Waals surface area contributed by atoms with Crippen molar-refractivity contribution in [2.45, 2.75) is 46.0 Å². The zero-order valence-corrected chi connectivity index (χ0v) is 7.19. The molecule has 0 N–H and O–H groups in total. The van der Waals surface area contributed by atoms with Gasteiger partial charge in [0.25, 0.3) is 0 Å². The minimum absolute atomic E-state index is 0.859. The summed E-state index contributed by atoms with van der Waals surface area (Å²) >= 11 is 0. The van der Waals surface area contributed by atoms with Crippen molar-refractivity contribution < 1.29 is 0 Å². The molecule has 1 spiro atoms. The smallest absolute Gasteiger partial charge is 0.0269 e. The first kappa shape index (κ1) is 6.69. The lowest BCUT2D eigenvalue weighted by molar-refractivity contribution is 0.161. The van der Waals surface area contributed by atoms with Crippen LogP contribution in [0.2, 0.25) is 0 Å². The Hall–Kier alpha value is 0. The van der Waals surface area contributed by atoms with E-state index in [1.807, 2.05) is 0 Å². The molecule has 0 aliphatic heterocycles. The molecular formula is C10H18. The highest BCUT2D eigenvalue weighted by Crippen LogP contribution is 2.60. The highest BCUT2D eigenvalue weighted by atomic mass is 14.5. The van der Waals surface area contributed by atoms with Crippen molar-refractivity contribution >= 4 is 0 Å². The van der Waals surface area contributed by atoms with Crippen LogP contribution in [0.15, 0.2) is 0 Å². The molecule has 0 radical (unpaired) electrons. The van der Waals surface area contributed by atoms with Crippen LogP contribution in [-0.2, 0) is 0 Å². The lowest BCUT2D eigenvalue weighted by atomic mass is 9.71. The van der Waals surface area contributed by atoms with E-state index >= 15 is 0 Å². The molecule has 0 aromatic carbocycles. The van der Waals surface area contributed by atoms with Crippen molar-refractivity contribution in [3.8, 4) is 0 Å². The summed E-state index contributed by atoms with van der Waals surface area (Å²) in [7, 11) is 0. The molecule has 2 aliphatic rings. The van der Waals surface area contributed by atoms with E-state index in [0.717, 1.165) is 17.3 Å². The van der Waals surface area contributed by atoms with Crippen LogP contribution < -0.4 is 0 Å². The van der Waals surface area contributed by atoms with E-state index in [4.69, 9.17) is 0 Å². The monoisotopic (exact) mass is 138 g/mol. The summed E-state index contributed by atoms with van der Waals surface area (Å²) < 4.78 is 0. The SMILES string of the molecule is C[C@H]1CCCC2(CC2)[C@H]1C. The van der Waals surface area contributed by atoms with Gasteiger partial charge in [0.15, 0.2) is 0 Å². The van der Waals surface area contributed by atoms with Crippen molar-refractivity contribution in [2.75, 3.05) is 0 Å².